The van der Waals surface area contributed by atoms with Crippen molar-refractivity contribution in [3.05, 3.63) is 91.1 Å². The second kappa shape index (κ2) is 10.3. The number of hydrogen-bond acceptors (Lipinski definition) is 3. The third-order valence-corrected chi connectivity index (χ3v) is 7.58. The maximum atomic E-state index is 13.7. The van der Waals surface area contributed by atoms with Crippen molar-refractivity contribution in [1.29, 1.82) is 0 Å². The van der Waals surface area contributed by atoms with Crippen LogP contribution in [-0.4, -0.2) is 41.2 Å². The SMILES string of the molecule is CCCN(CC(=O)N1CCc2sccc2[C@@H]1c1ccc(Cl)cc1Cl)C(=O)c1ccccc1C. The van der Waals surface area contributed by atoms with E-state index in [-0.39, 0.29) is 24.4 Å². The fourth-order valence-corrected chi connectivity index (χ4v) is 5.82. The van der Waals surface area contributed by atoms with Crippen molar-refractivity contribution in [3.8, 4) is 0 Å². The molecule has 4 rings (SSSR count). The maximum Gasteiger partial charge on any atom is 0.254 e. The van der Waals surface area contributed by atoms with E-state index in [0.29, 0.717) is 28.7 Å². The Morgan fingerprint density at radius 2 is 1.91 bits per heavy atom. The molecule has 1 aliphatic rings. The largest absolute Gasteiger partial charge is 0.330 e. The molecule has 1 aromatic heterocycles. The summed E-state index contributed by atoms with van der Waals surface area (Å²) in [5.41, 5.74) is 3.48. The summed E-state index contributed by atoms with van der Waals surface area (Å²) in [5.74, 6) is -0.198. The van der Waals surface area contributed by atoms with E-state index in [4.69, 9.17) is 23.2 Å². The first-order chi connectivity index (χ1) is 15.9. The summed E-state index contributed by atoms with van der Waals surface area (Å²) in [5, 5.41) is 3.15. The monoisotopic (exact) mass is 500 g/mol. The summed E-state index contributed by atoms with van der Waals surface area (Å²) in [6.45, 7) is 5.05. The lowest BCUT2D eigenvalue weighted by atomic mass is 9.93. The number of carbonyl (C=O) groups excluding carboxylic acids is 2. The summed E-state index contributed by atoms with van der Waals surface area (Å²) in [6, 6.07) is 14.7. The molecule has 4 nitrogen and oxygen atoms in total. The summed E-state index contributed by atoms with van der Waals surface area (Å²) in [4.78, 5) is 31.7. The van der Waals surface area contributed by atoms with Crippen molar-refractivity contribution in [3.63, 3.8) is 0 Å². The second-order valence-corrected chi connectivity index (χ2v) is 10.1. The highest BCUT2D eigenvalue weighted by Gasteiger charge is 2.35. The highest BCUT2D eigenvalue weighted by molar-refractivity contribution is 7.10. The van der Waals surface area contributed by atoms with Crippen molar-refractivity contribution in [2.75, 3.05) is 19.6 Å². The summed E-state index contributed by atoms with van der Waals surface area (Å²) < 4.78 is 0. The first-order valence-corrected chi connectivity index (χ1v) is 12.7. The Morgan fingerprint density at radius 1 is 1.12 bits per heavy atom. The number of hydrogen-bond donors (Lipinski definition) is 0. The average Bonchev–Trinajstić information content (AvgIpc) is 3.27. The Bertz CT molecular complexity index is 1180. The average molecular weight is 501 g/mol. The highest BCUT2D eigenvalue weighted by atomic mass is 35.5. The van der Waals surface area contributed by atoms with Crippen LogP contribution in [0.5, 0.6) is 0 Å². The van der Waals surface area contributed by atoms with E-state index < -0.39 is 0 Å². The maximum absolute atomic E-state index is 13.7. The molecule has 172 valence electrons. The standard InChI is InChI=1S/C26H26Cl2N2O2S/c1-3-12-29(26(32)19-7-5-4-6-17(19)2)16-24(31)30-13-10-23-21(11-14-33-23)25(30)20-9-8-18(27)15-22(20)28/h4-9,11,14-15,25H,3,10,12-13,16H2,1-2H3/t25-/m0/s1. The van der Waals surface area contributed by atoms with Gasteiger partial charge in [-0.05, 0) is 66.1 Å². The van der Waals surface area contributed by atoms with Gasteiger partial charge in [0.05, 0.1) is 6.04 Å². The zero-order valence-electron chi connectivity index (χ0n) is 18.7. The number of amides is 2. The number of nitrogens with zero attached hydrogens (tertiary/aromatic N) is 2. The molecule has 0 fully saturated rings. The Labute approximate surface area is 208 Å². The number of benzene rings is 2. The van der Waals surface area contributed by atoms with Crippen molar-refractivity contribution in [2.45, 2.75) is 32.7 Å². The first-order valence-electron chi connectivity index (χ1n) is 11.1. The van der Waals surface area contributed by atoms with Crippen LogP contribution in [0.25, 0.3) is 0 Å². The Balaban J connectivity index is 1.65. The molecule has 0 bridgehead atoms. The fourth-order valence-electron chi connectivity index (χ4n) is 4.40. The van der Waals surface area contributed by atoms with Crippen LogP contribution in [0.15, 0.2) is 53.9 Å². The van der Waals surface area contributed by atoms with Gasteiger partial charge in [-0.3, -0.25) is 9.59 Å². The molecule has 1 atom stereocenters. The molecule has 0 saturated carbocycles. The molecule has 7 heteroatoms. The van der Waals surface area contributed by atoms with Gasteiger partial charge >= 0.3 is 0 Å². The Kier molecular flexibility index (Phi) is 7.42. The van der Waals surface area contributed by atoms with E-state index in [1.165, 1.54) is 4.88 Å². The van der Waals surface area contributed by atoms with Crippen molar-refractivity contribution in [2.24, 2.45) is 0 Å². The minimum absolute atomic E-state index is 0.0299. The van der Waals surface area contributed by atoms with E-state index in [1.54, 1.807) is 28.4 Å². The van der Waals surface area contributed by atoms with Crippen molar-refractivity contribution < 1.29 is 9.59 Å². The predicted molar refractivity (Wildman–Crippen MR) is 135 cm³/mol. The molecular weight excluding hydrogens is 475 g/mol. The molecule has 0 N–H and O–H groups in total. The normalized spacial score (nSPS) is 15.3. The number of carbonyl (C=O) groups is 2. The van der Waals surface area contributed by atoms with Gasteiger partial charge in [0.2, 0.25) is 5.91 Å². The predicted octanol–water partition coefficient (Wildman–Crippen LogP) is 6.39. The van der Waals surface area contributed by atoms with Crippen LogP contribution in [0.4, 0.5) is 0 Å². The fraction of sp³-hybridized carbons (Fsp3) is 0.308. The molecule has 33 heavy (non-hydrogen) atoms. The number of fused-ring (bicyclic) bond motifs is 1. The van der Waals surface area contributed by atoms with E-state index >= 15 is 0 Å². The molecule has 0 radical (unpaired) electrons. The van der Waals surface area contributed by atoms with Crippen LogP contribution in [0.2, 0.25) is 10.0 Å². The smallest absolute Gasteiger partial charge is 0.254 e. The van der Waals surface area contributed by atoms with Crippen LogP contribution in [0.3, 0.4) is 0 Å². The molecule has 3 aromatic rings. The minimum Gasteiger partial charge on any atom is -0.330 e. The molecule has 0 unspecified atom stereocenters. The summed E-state index contributed by atoms with van der Waals surface area (Å²) in [6.07, 6.45) is 1.56. The van der Waals surface area contributed by atoms with Crippen LogP contribution in [-0.2, 0) is 11.2 Å². The van der Waals surface area contributed by atoms with Gasteiger partial charge in [0, 0.05) is 33.6 Å². The Hall–Kier alpha value is -2.34. The van der Waals surface area contributed by atoms with Crippen LogP contribution in [0.1, 0.15) is 51.3 Å². The minimum atomic E-state index is -0.297. The molecule has 0 saturated heterocycles. The van der Waals surface area contributed by atoms with Gasteiger partial charge in [-0.2, -0.15) is 0 Å². The number of aryl methyl sites for hydroxylation is 1. The molecule has 0 aliphatic carbocycles. The lowest BCUT2D eigenvalue weighted by Gasteiger charge is -2.38. The molecule has 1 aliphatic heterocycles. The summed E-state index contributed by atoms with van der Waals surface area (Å²) >= 11 is 14.4. The zero-order valence-corrected chi connectivity index (χ0v) is 21.0. The Morgan fingerprint density at radius 3 is 2.64 bits per heavy atom. The van der Waals surface area contributed by atoms with Gasteiger partial charge in [-0.25, -0.2) is 0 Å². The van der Waals surface area contributed by atoms with Gasteiger partial charge in [0.1, 0.15) is 6.54 Å². The van der Waals surface area contributed by atoms with E-state index in [2.05, 4.69) is 11.4 Å². The first kappa shape index (κ1) is 23.8. The van der Waals surface area contributed by atoms with Crippen molar-refractivity contribution in [1.82, 2.24) is 9.80 Å². The molecular formula is C26H26Cl2N2O2S. The van der Waals surface area contributed by atoms with E-state index in [9.17, 15) is 9.59 Å². The van der Waals surface area contributed by atoms with Gasteiger partial charge in [0.25, 0.3) is 5.91 Å². The van der Waals surface area contributed by atoms with Gasteiger partial charge in [-0.1, -0.05) is 54.4 Å². The molecule has 2 amide bonds. The quantitative estimate of drug-likeness (QED) is 0.393. The van der Waals surface area contributed by atoms with Crippen LogP contribution in [0, 0.1) is 6.92 Å². The van der Waals surface area contributed by atoms with E-state index in [0.717, 1.165) is 29.5 Å². The zero-order chi connectivity index (χ0) is 23.5. The van der Waals surface area contributed by atoms with E-state index in [1.807, 2.05) is 49.1 Å². The van der Waals surface area contributed by atoms with Crippen LogP contribution >= 0.6 is 34.5 Å². The van der Waals surface area contributed by atoms with Crippen LogP contribution < -0.4 is 0 Å². The summed E-state index contributed by atoms with van der Waals surface area (Å²) in [7, 11) is 0. The lowest BCUT2D eigenvalue weighted by Crippen LogP contribution is -2.47. The van der Waals surface area contributed by atoms with Crippen molar-refractivity contribution >= 4 is 46.4 Å². The topological polar surface area (TPSA) is 40.6 Å². The second-order valence-electron chi connectivity index (χ2n) is 8.25. The van der Waals surface area contributed by atoms with Gasteiger partial charge < -0.3 is 9.80 Å². The highest BCUT2D eigenvalue weighted by Crippen LogP contribution is 2.41. The molecule has 0 spiro atoms. The number of halogens is 2. The number of rotatable bonds is 6. The molecule has 2 heterocycles. The molecule has 2 aromatic carbocycles. The van der Waals surface area contributed by atoms with Gasteiger partial charge in [0.15, 0.2) is 0 Å². The van der Waals surface area contributed by atoms with Gasteiger partial charge in [-0.15, -0.1) is 11.3 Å². The third kappa shape index (κ3) is 4.96. The number of thiophene rings is 1. The third-order valence-electron chi connectivity index (χ3n) is 6.03. The lowest BCUT2D eigenvalue weighted by molar-refractivity contribution is -0.134.